The number of hydrogen-bond donors (Lipinski definition) is 0. The van der Waals surface area contributed by atoms with E-state index in [-0.39, 0.29) is 17.5 Å². The molecule has 1 aromatic heterocycles. The van der Waals surface area contributed by atoms with Crippen LogP contribution in [-0.2, 0) is 14.8 Å². The van der Waals surface area contributed by atoms with Crippen molar-refractivity contribution in [1.29, 1.82) is 0 Å². The molecule has 0 aliphatic carbocycles. The molecule has 3 heterocycles. The predicted octanol–water partition coefficient (Wildman–Crippen LogP) is 4.61. The molecule has 0 bridgehead atoms. The number of ether oxygens (including phenoxy) is 3. The van der Waals surface area contributed by atoms with Crippen molar-refractivity contribution >= 4 is 32.8 Å². The summed E-state index contributed by atoms with van der Waals surface area (Å²) in [6, 6.07) is 18.3. The van der Waals surface area contributed by atoms with Gasteiger partial charge in [0, 0.05) is 29.6 Å². The minimum atomic E-state index is -3.61. The lowest BCUT2D eigenvalue weighted by molar-refractivity contribution is 0.0730. The Labute approximate surface area is 234 Å². The minimum Gasteiger partial charge on any atom is -0.454 e. The minimum absolute atomic E-state index is 0.179. The summed E-state index contributed by atoms with van der Waals surface area (Å²) in [6.07, 6.45) is 0. The van der Waals surface area contributed by atoms with E-state index in [0.29, 0.717) is 54.0 Å². The number of aromatic nitrogens is 1. The quantitative estimate of drug-likeness (QED) is 0.311. The molecule has 0 unspecified atom stereocenters. The van der Waals surface area contributed by atoms with Crippen molar-refractivity contribution in [2.45, 2.75) is 11.8 Å². The maximum Gasteiger partial charge on any atom is 0.243 e. The molecule has 206 valence electrons. The Morgan fingerprint density at radius 1 is 0.950 bits per heavy atom. The number of sulfonamides is 1. The van der Waals surface area contributed by atoms with Gasteiger partial charge in [0.05, 0.1) is 35.2 Å². The Bertz CT molecular complexity index is 1740. The summed E-state index contributed by atoms with van der Waals surface area (Å²) < 4.78 is 59.0. The van der Waals surface area contributed by atoms with Crippen molar-refractivity contribution in [3.8, 4) is 22.8 Å². The third kappa shape index (κ3) is 5.30. The van der Waals surface area contributed by atoms with Crippen LogP contribution >= 0.6 is 11.3 Å². The van der Waals surface area contributed by atoms with Gasteiger partial charge in [-0.25, -0.2) is 22.5 Å². The zero-order chi connectivity index (χ0) is 27.7. The van der Waals surface area contributed by atoms with Gasteiger partial charge in [0.25, 0.3) is 0 Å². The SMILES string of the molecule is CC(=Nn1c(-c2ccc(F)cc2)csc1=Nc1ccc(S(=O)(=O)N2CCOCC2)cc1)c1ccc2c(c1)OCO2. The van der Waals surface area contributed by atoms with E-state index in [0.717, 1.165) is 16.8 Å². The second-order valence-electron chi connectivity index (χ2n) is 9.10. The van der Waals surface area contributed by atoms with Crippen LogP contribution in [0.2, 0.25) is 0 Å². The largest absolute Gasteiger partial charge is 0.454 e. The lowest BCUT2D eigenvalue weighted by atomic mass is 10.1. The van der Waals surface area contributed by atoms with Crippen LogP contribution in [0.1, 0.15) is 12.5 Å². The average molecular weight is 581 g/mol. The number of halogens is 1. The molecule has 2 aliphatic heterocycles. The van der Waals surface area contributed by atoms with Crippen LogP contribution in [0.3, 0.4) is 0 Å². The van der Waals surface area contributed by atoms with Crippen LogP contribution in [0.4, 0.5) is 10.1 Å². The van der Waals surface area contributed by atoms with Gasteiger partial charge in [-0.2, -0.15) is 9.41 Å². The molecular formula is C28H25FN4O5S2. The molecule has 0 spiro atoms. The fourth-order valence-electron chi connectivity index (χ4n) is 4.36. The van der Waals surface area contributed by atoms with Crippen molar-refractivity contribution in [2.24, 2.45) is 10.1 Å². The van der Waals surface area contributed by atoms with Gasteiger partial charge in [0.1, 0.15) is 5.82 Å². The second kappa shape index (κ2) is 11.0. The summed E-state index contributed by atoms with van der Waals surface area (Å²) >= 11 is 1.37. The Morgan fingerprint density at radius 2 is 1.68 bits per heavy atom. The Hall–Kier alpha value is -3.84. The van der Waals surface area contributed by atoms with Crippen molar-refractivity contribution in [3.63, 3.8) is 0 Å². The van der Waals surface area contributed by atoms with E-state index in [9.17, 15) is 12.8 Å². The fraction of sp³-hybridized carbons (Fsp3) is 0.214. The van der Waals surface area contributed by atoms with E-state index in [2.05, 4.69) is 0 Å². The van der Waals surface area contributed by atoms with Gasteiger partial charge in [-0.3, -0.25) is 0 Å². The van der Waals surface area contributed by atoms with Crippen LogP contribution in [-0.4, -0.2) is 56.2 Å². The zero-order valence-electron chi connectivity index (χ0n) is 21.5. The van der Waals surface area contributed by atoms with E-state index in [1.807, 2.05) is 30.5 Å². The fourth-order valence-corrected chi connectivity index (χ4v) is 6.62. The average Bonchev–Trinajstić information content (AvgIpc) is 3.61. The highest BCUT2D eigenvalue weighted by molar-refractivity contribution is 7.89. The maximum atomic E-state index is 13.6. The first-order chi connectivity index (χ1) is 19.4. The molecule has 2 aliphatic rings. The summed E-state index contributed by atoms with van der Waals surface area (Å²) in [5.74, 6) is 1.00. The molecule has 3 aromatic carbocycles. The second-order valence-corrected chi connectivity index (χ2v) is 11.9. The highest BCUT2D eigenvalue weighted by Gasteiger charge is 2.26. The number of rotatable bonds is 6. The van der Waals surface area contributed by atoms with Crippen molar-refractivity contribution in [2.75, 3.05) is 33.1 Å². The summed E-state index contributed by atoms with van der Waals surface area (Å²) in [6.45, 7) is 3.48. The highest BCUT2D eigenvalue weighted by Crippen LogP contribution is 2.33. The van der Waals surface area contributed by atoms with Crippen LogP contribution in [0.25, 0.3) is 11.3 Å². The summed E-state index contributed by atoms with van der Waals surface area (Å²) in [4.78, 5) is 5.54. The number of benzene rings is 3. The van der Waals surface area contributed by atoms with Gasteiger partial charge in [0.2, 0.25) is 21.6 Å². The first-order valence-corrected chi connectivity index (χ1v) is 14.9. The third-order valence-electron chi connectivity index (χ3n) is 6.53. The molecule has 1 saturated heterocycles. The van der Waals surface area contributed by atoms with Gasteiger partial charge in [0.15, 0.2) is 11.5 Å². The van der Waals surface area contributed by atoms with Gasteiger partial charge in [-0.05, 0) is 73.7 Å². The first kappa shape index (κ1) is 26.4. The lowest BCUT2D eigenvalue weighted by Crippen LogP contribution is -2.40. The Kier molecular flexibility index (Phi) is 7.24. The van der Waals surface area contributed by atoms with Gasteiger partial charge >= 0.3 is 0 Å². The van der Waals surface area contributed by atoms with E-state index < -0.39 is 10.0 Å². The topological polar surface area (TPSA) is 94.7 Å². The molecule has 4 aromatic rings. The number of fused-ring (bicyclic) bond motifs is 1. The number of hydrogen-bond acceptors (Lipinski definition) is 8. The summed E-state index contributed by atoms with van der Waals surface area (Å²) in [5.41, 5.74) is 3.62. The van der Waals surface area contributed by atoms with Crippen molar-refractivity contribution < 1.29 is 27.0 Å². The van der Waals surface area contributed by atoms with Crippen LogP contribution < -0.4 is 14.3 Å². The molecule has 9 nitrogen and oxygen atoms in total. The normalized spacial score (nSPS) is 16.4. The third-order valence-corrected chi connectivity index (χ3v) is 9.26. The first-order valence-electron chi connectivity index (χ1n) is 12.5. The van der Waals surface area contributed by atoms with Crippen molar-refractivity contribution in [1.82, 2.24) is 8.98 Å². The van der Waals surface area contributed by atoms with Crippen LogP contribution in [0, 0.1) is 5.82 Å². The predicted molar refractivity (Wildman–Crippen MR) is 149 cm³/mol. The van der Waals surface area contributed by atoms with Crippen LogP contribution in [0.5, 0.6) is 11.5 Å². The maximum absolute atomic E-state index is 13.6. The van der Waals surface area contributed by atoms with E-state index in [1.54, 1.807) is 41.1 Å². The summed E-state index contributed by atoms with van der Waals surface area (Å²) in [7, 11) is -3.61. The monoisotopic (exact) mass is 580 g/mol. The highest BCUT2D eigenvalue weighted by atomic mass is 32.2. The molecule has 0 amide bonds. The molecular weight excluding hydrogens is 555 g/mol. The van der Waals surface area contributed by atoms with E-state index >= 15 is 0 Å². The standard InChI is InChI=1S/C28H25FN4O5S2/c1-19(21-4-11-26-27(16-21)38-18-37-26)31-33-25(20-2-5-22(29)6-3-20)17-39-28(33)30-23-7-9-24(10-8-23)40(34,35)32-12-14-36-15-13-32/h2-11,16-17H,12-15,18H2,1H3. The molecule has 0 atom stereocenters. The number of thiazole rings is 1. The summed E-state index contributed by atoms with van der Waals surface area (Å²) in [5, 5.41) is 6.78. The van der Waals surface area contributed by atoms with Gasteiger partial charge in [-0.1, -0.05) is 0 Å². The zero-order valence-corrected chi connectivity index (χ0v) is 23.1. The molecule has 0 saturated carbocycles. The molecule has 40 heavy (non-hydrogen) atoms. The number of morpholine rings is 1. The smallest absolute Gasteiger partial charge is 0.243 e. The van der Waals surface area contributed by atoms with Crippen LogP contribution in [0.15, 0.2) is 87.1 Å². The van der Waals surface area contributed by atoms with E-state index in [1.165, 1.54) is 27.8 Å². The molecule has 6 rings (SSSR count). The molecule has 12 heteroatoms. The lowest BCUT2D eigenvalue weighted by Gasteiger charge is -2.26. The van der Waals surface area contributed by atoms with Gasteiger partial charge < -0.3 is 14.2 Å². The van der Waals surface area contributed by atoms with Crippen molar-refractivity contribution in [3.05, 3.63) is 88.3 Å². The number of nitrogens with zero attached hydrogens (tertiary/aromatic N) is 4. The Morgan fingerprint density at radius 3 is 2.42 bits per heavy atom. The molecule has 0 N–H and O–H groups in total. The van der Waals surface area contributed by atoms with Gasteiger partial charge in [-0.15, -0.1) is 11.3 Å². The molecule has 0 radical (unpaired) electrons. The Balaban J connectivity index is 1.39. The van der Waals surface area contributed by atoms with E-state index in [4.69, 9.17) is 24.3 Å². The molecule has 1 fully saturated rings.